The van der Waals surface area contributed by atoms with Gasteiger partial charge >= 0.3 is 0 Å². The summed E-state index contributed by atoms with van der Waals surface area (Å²) in [6, 6.07) is 13.1. The van der Waals surface area contributed by atoms with Gasteiger partial charge in [-0.15, -0.1) is 0 Å². The molecule has 0 bridgehead atoms. The Hall–Kier alpha value is -2.82. The Balaban J connectivity index is 1.81. The second kappa shape index (κ2) is 6.24. The van der Waals surface area contributed by atoms with Crippen molar-refractivity contribution in [2.24, 2.45) is 0 Å². The van der Waals surface area contributed by atoms with Crippen LogP contribution in [0.5, 0.6) is 0 Å². The van der Waals surface area contributed by atoms with Crippen LogP contribution in [0.15, 0.2) is 47.3 Å². The molecule has 1 fully saturated rings. The van der Waals surface area contributed by atoms with Gasteiger partial charge in [0, 0.05) is 24.5 Å². The lowest BCUT2D eigenvalue weighted by molar-refractivity contribution is 0.0788. The Bertz CT molecular complexity index is 976. The lowest BCUT2D eigenvalue weighted by Crippen LogP contribution is -2.27. The molecule has 128 valence electrons. The van der Waals surface area contributed by atoms with E-state index < -0.39 is 0 Å². The molecule has 3 heterocycles. The van der Waals surface area contributed by atoms with Crippen LogP contribution in [0.3, 0.4) is 0 Å². The molecular weight excluding hydrogens is 314 g/mol. The fraction of sp³-hybridized carbons (Fsp3) is 0.300. The normalized spacial score (nSPS) is 14.4. The van der Waals surface area contributed by atoms with Crippen LogP contribution in [-0.2, 0) is 6.42 Å². The molecule has 1 aliphatic rings. The van der Waals surface area contributed by atoms with E-state index in [0.29, 0.717) is 11.3 Å². The number of H-pyrrole nitrogens is 1. The number of fused-ring (bicyclic) bond motifs is 1. The average Bonchev–Trinajstić information content (AvgIpc) is 3.31. The standard InChI is InChI=1S/C20H21N3O2/c1-2-14-5-8-16(9-6-14)23-18(24)10-7-15-13-17(21-19(15)23)20(25)22-11-3-4-12-22/h5-10,13,21H,2-4,11-12H2,1H3. The third-order valence-corrected chi connectivity index (χ3v) is 4.90. The fourth-order valence-corrected chi connectivity index (χ4v) is 3.46. The quantitative estimate of drug-likeness (QED) is 0.799. The molecule has 0 spiro atoms. The van der Waals surface area contributed by atoms with Crippen molar-refractivity contribution in [2.45, 2.75) is 26.2 Å². The summed E-state index contributed by atoms with van der Waals surface area (Å²) >= 11 is 0. The summed E-state index contributed by atoms with van der Waals surface area (Å²) in [5, 5.41) is 0.863. The number of likely N-dealkylation sites (tertiary alicyclic amines) is 1. The van der Waals surface area contributed by atoms with Crippen LogP contribution < -0.4 is 5.56 Å². The Kier molecular flexibility index (Phi) is 3.92. The maximum Gasteiger partial charge on any atom is 0.270 e. The zero-order valence-corrected chi connectivity index (χ0v) is 14.3. The highest BCUT2D eigenvalue weighted by Crippen LogP contribution is 2.20. The first kappa shape index (κ1) is 15.7. The maximum atomic E-state index is 12.6. The van der Waals surface area contributed by atoms with Gasteiger partial charge in [0.2, 0.25) is 0 Å². The van der Waals surface area contributed by atoms with Crippen LogP contribution in [0.2, 0.25) is 0 Å². The molecule has 1 aliphatic heterocycles. The van der Waals surface area contributed by atoms with Crippen LogP contribution in [-0.4, -0.2) is 33.4 Å². The molecule has 3 aromatic rings. The number of nitrogens with one attached hydrogen (secondary N) is 1. The first-order valence-electron chi connectivity index (χ1n) is 8.81. The van der Waals surface area contributed by atoms with E-state index in [1.54, 1.807) is 16.7 Å². The van der Waals surface area contributed by atoms with Gasteiger partial charge in [0.15, 0.2) is 0 Å². The van der Waals surface area contributed by atoms with Gasteiger partial charge in [-0.05, 0) is 49.1 Å². The zero-order chi connectivity index (χ0) is 17.4. The summed E-state index contributed by atoms with van der Waals surface area (Å²) in [5.41, 5.74) is 3.12. The second-order valence-electron chi connectivity index (χ2n) is 6.51. The van der Waals surface area contributed by atoms with Crippen molar-refractivity contribution < 1.29 is 4.79 Å². The van der Waals surface area contributed by atoms with Gasteiger partial charge in [0.1, 0.15) is 11.3 Å². The predicted octanol–water partition coefficient (Wildman–Crippen LogP) is 3.12. The molecule has 0 unspecified atom stereocenters. The lowest BCUT2D eigenvalue weighted by atomic mass is 10.1. The topological polar surface area (TPSA) is 58.1 Å². The molecule has 5 nitrogen and oxygen atoms in total. The van der Waals surface area contributed by atoms with Crippen molar-refractivity contribution in [3.8, 4) is 5.69 Å². The lowest BCUT2D eigenvalue weighted by Gasteiger charge is -2.13. The minimum Gasteiger partial charge on any atom is -0.337 e. The number of aromatic nitrogens is 2. The van der Waals surface area contributed by atoms with Crippen molar-refractivity contribution in [1.82, 2.24) is 14.5 Å². The van der Waals surface area contributed by atoms with E-state index in [0.717, 1.165) is 43.4 Å². The predicted molar refractivity (Wildman–Crippen MR) is 98.4 cm³/mol. The number of rotatable bonds is 3. The molecule has 1 aromatic carbocycles. The number of hydrogen-bond donors (Lipinski definition) is 1. The molecule has 4 rings (SSSR count). The van der Waals surface area contributed by atoms with Gasteiger partial charge < -0.3 is 9.88 Å². The number of aromatic amines is 1. The van der Waals surface area contributed by atoms with Crippen LogP contribution >= 0.6 is 0 Å². The summed E-state index contributed by atoms with van der Waals surface area (Å²) < 4.78 is 1.63. The van der Waals surface area contributed by atoms with Gasteiger partial charge in [-0.25, -0.2) is 0 Å². The Morgan fingerprint density at radius 2 is 1.80 bits per heavy atom. The minimum atomic E-state index is -0.112. The monoisotopic (exact) mass is 335 g/mol. The number of carbonyl (C=O) groups is 1. The molecule has 1 amide bonds. The maximum absolute atomic E-state index is 12.6. The molecule has 1 N–H and O–H groups in total. The SMILES string of the molecule is CCc1ccc(-n2c(=O)ccc3cc(C(=O)N4CCCC4)[nH]c32)cc1. The molecule has 25 heavy (non-hydrogen) atoms. The number of nitrogens with zero attached hydrogens (tertiary/aromatic N) is 2. The van der Waals surface area contributed by atoms with Crippen LogP contribution in [0.4, 0.5) is 0 Å². The van der Waals surface area contributed by atoms with Crippen molar-refractivity contribution in [3.05, 3.63) is 64.1 Å². The van der Waals surface area contributed by atoms with E-state index in [1.165, 1.54) is 5.56 Å². The molecule has 2 aromatic heterocycles. The van der Waals surface area contributed by atoms with Crippen LogP contribution in [0.1, 0.15) is 35.8 Å². The highest BCUT2D eigenvalue weighted by molar-refractivity contribution is 5.97. The van der Waals surface area contributed by atoms with Crippen molar-refractivity contribution in [3.63, 3.8) is 0 Å². The van der Waals surface area contributed by atoms with E-state index in [-0.39, 0.29) is 11.5 Å². The van der Waals surface area contributed by atoms with Gasteiger partial charge in [-0.3, -0.25) is 14.2 Å². The summed E-state index contributed by atoms with van der Waals surface area (Å²) in [6.07, 6.45) is 3.07. The van der Waals surface area contributed by atoms with Gasteiger partial charge in [-0.2, -0.15) is 0 Å². The van der Waals surface area contributed by atoms with E-state index in [9.17, 15) is 9.59 Å². The Labute approximate surface area is 145 Å². The zero-order valence-electron chi connectivity index (χ0n) is 14.3. The van der Waals surface area contributed by atoms with Gasteiger partial charge in [0.25, 0.3) is 11.5 Å². The van der Waals surface area contributed by atoms with Crippen LogP contribution in [0, 0.1) is 0 Å². The van der Waals surface area contributed by atoms with Crippen molar-refractivity contribution in [2.75, 3.05) is 13.1 Å². The van der Waals surface area contributed by atoms with Crippen LogP contribution in [0.25, 0.3) is 16.7 Å². The van der Waals surface area contributed by atoms with E-state index in [2.05, 4.69) is 11.9 Å². The minimum absolute atomic E-state index is 0.00836. The third-order valence-electron chi connectivity index (χ3n) is 4.90. The number of hydrogen-bond acceptors (Lipinski definition) is 2. The number of benzene rings is 1. The molecule has 0 saturated carbocycles. The first-order chi connectivity index (χ1) is 12.2. The van der Waals surface area contributed by atoms with Gasteiger partial charge in [-0.1, -0.05) is 19.1 Å². The third kappa shape index (κ3) is 2.76. The summed E-state index contributed by atoms with van der Waals surface area (Å²) in [5.74, 6) is 0.00836. The van der Waals surface area contributed by atoms with Crippen molar-refractivity contribution in [1.29, 1.82) is 0 Å². The first-order valence-corrected chi connectivity index (χ1v) is 8.81. The highest BCUT2D eigenvalue weighted by atomic mass is 16.2. The second-order valence-corrected chi connectivity index (χ2v) is 6.51. The smallest absolute Gasteiger partial charge is 0.270 e. The summed E-state index contributed by atoms with van der Waals surface area (Å²) in [7, 11) is 0. The number of pyridine rings is 1. The van der Waals surface area contributed by atoms with E-state index in [1.807, 2.05) is 35.2 Å². The Morgan fingerprint density at radius 1 is 1.08 bits per heavy atom. The molecular formula is C20H21N3O2. The molecule has 0 aliphatic carbocycles. The molecule has 1 saturated heterocycles. The van der Waals surface area contributed by atoms with E-state index in [4.69, 9.17) is 0 Å². The largest absolute Gasteiger partial charge is 0.337 e. The molecule has 0 radical (unpaired) electrons. The highest BCUT2D eigenvalue weighted by Gasteiger charge is 2.21. The fourth-order valence-electron chi connectivity index (χ4n) is 3.46. The van der Waals surface area contributed by atoms with E-state index >= 15 is 0 Å². The summed E-state index contributed by atoms with van der Waals surface area (Å²) in [4.78, 5) is 30.2. The molecule has 0 atom stereocenters. The Morgan fingerprint density at radius 3 is 2.48 bits per heavy atom. The number of carbonyl (C=O) groups excluding carboxylic acids is 1. The summed E-state index contributed by atoms with van der Waals surface area (Å²) in [6.45, 7) is 3.71. The average molecular weight is 335 g/mol. The van der Waals surface area contributed by atoms with Crippen molar-refractivity contribution >= 4 is 16.9 Å². The van der Waals surface area contributed by atoms with Gasteiger partial charge in [0.05, 0.1) is 5.69 Å². The number of aryl methyl sites for hydroxylation is 1. The molecule has 5 heteroatoms. The number of amides is 1.